The number of amides is 1. The lowest BCUT2D eigenvalue weighted by atomic mass is 9.85. The fourth-order valence-electron chi connectivity index (χ4n) is 3.71. The predicted molar refractivity (Wildman–Crippen MR) is 89.4 cm³/mol. The number of hydrogen-bond donors (Lipinski definition) is 1. The standard InChI is InChI=1S/C18H24N4O/c23-16(12-13-6-2-1-3-7-13)19-15-10-5-11-22-18(15)20-17(21-22)14-8-4-9-14/h5,10-11,13-14H,1-4,6-9,12H2,(H,19,23). The fourth-order valence-corrected chi connectivity index (χ4v) is 3.71. The third-order valence-corrected chi connectivity index (χ3v) is 5.32. The van der Waals surface area contributed by atoms with E-state index in [1.165, 1.54) is 51.4 Å². The molecule has 1 N–H and O–H groups in total. The van der Waals surface area contributed by atoms with Gasteiger partial charge in [0.05, 0.1) is 5.69 Å². The Hall–Kier alpha value is -1.91. The van der Waals surface area contributed by atoms with Gasteiger partial charge in [-0.25, -0.2) is 9.50 Å². The van der Waals surface area contributed by atoms with Crippen LogP contribution in [0.15, 0.2) is 18.3 Å². The highest BCUT2D eigenvalue weighted by Crippen LogP contribution is 2.35. The molecule has 2 aromatic rings. The normalized spacial score (nSPS) is 19.7. The van der Waals surface area contributed by atoms with Crippen LogP contribution in [0, 0.1) is 5.92 Å². The fraction of sp³-hybridized carbons (Fsp3) is 0.611. The molecule has 4 rings (SSSR count). The molecule has 0 unspecified atom stereocenters. The van der Waals surface area contributed by atoms with Crippen molar-refractivity contribution in [1.82, 2.24) is 14.6 Å². The number of pyridine rings is 1. The lowest BCUT2D eigenvalue weighted by Gasteiger charge is -2.21. The summed E-state index contributed by atoms with van der Waals surface area (Å²) in [5.74, 6) is 2.08. The quantitative estimate of drug-likeness (QED) is 0.931. The summed E-state index contributed by atoms with van der Waals surface area (Å²) in [4.78, 5) is 17.0. The molecule has 0 saturated heterocycles. The molecule has 5 heteroatoms. The van der Waals surface area contributed by atoms with Gasteiger partial charge >= 0.3 is 0 Å². The highest BCUT2D eigenvalue weighted by molar-refractivity contribution is 5.94. The summed E-state index contributed by atoms with van der Waals surface area (Å²) in [5.41, 5.74) is 1.55. The smallest absolute Gasteiger partial charge is 0.224 e. The Morgan fingerprint density at radius 2 is 2.00 bits per heavy atom. The molecule has 0 radical (unpaired) electrons. The van der Waals surface area contributed by atoms with E-state index in [1.807, 2.05) is 18.3 Å². The van der Waals surface area contributed by atoms with Gasteiger partial charge in [0.1, 0.15) is 0 Å². The average molecular weight is 312 g/mol. The van der Waals surface area contributed by atoms with Crippen LogP contribution in [0.1, 0.15) is 69.5 Å². The number of anilines is 1. The largest absolute Gasteiger partial charge is 0.323 e. The average Bonchev–Trinajstić information content (AvgIpc) is 2.91. The monoisotopic (exact) mass is 312 g/mol. The highest BCUT2D eigenvalue weighted by Gasteiger charge is 2.24. The van der Waals surface area contributed by atoms with Gasteiger partial charge in [0.15, 0.2) is 11.5 Å². The molecule has 2 aromatic heterocycles. The van der Waals surface area contributed by atoms with E-state index in [4.69, 9.17) is 0 Å². The Morgan fingerprint density at radius 1 is 1.17 bits per heavy atom. The Bertz CT molecular complexity index is 698. The SMILES string of the molecule is O=C(CC1CCCCC1)Nc1cccn2nc(C3CCC3)nc12. The zero-order valence-electron chi connectivity index (χ0n) is 13.5. The van der Waals surface area contributed by atoms with Gasteiger partial charge in [0.25, 0.3) is 0 Å². The van der Waals surface area contributed by atoms with Gasteiger partial charge < -0.3 is 5.32 Å². The first-order valence-corrected chi connectivity index (χ1v) is 8.95. The maximum absolute atomic E-state index is 12.4. The van der Waals surface area contributed by atoms with Crippen molar-refractivity contribution in [1.29, 1.82) is 0 Å². The van der Waals surface area contributed by atoms with E-state index < -0.39 is 0 Å². The molecule has 23 heavy (non-hydrogen) atoms. The molecule has 2 aliphatic carbocycles. The second kappa shape index (κ2) is 6.30. The highest BCUT2D eigenvalue weighted by atomic mass is 16.1. The number of nitrogens with one attached hydrogen (secondary N) is 1. The van der Waals surface area contributed by atoms with Crippen LogP contribution in [-0.2, 0) is 4.79 Å². The summed E-state index contributed by atoms with van der Waals surface area (Å²) in [6, 6.07) is 3.84. The van der Waals surface area contributed by atoms with Crippen LogP contribution < -0.4 is 5.32 Å². The van der Waals surface area contributed by atoms with Crippen molar-refractivity contribution in [3.63, 3.8) is 0 Å². The van der Waals surface area contributed by atoms with Crippen molar-refractivity contribution in [3.05, 3.63) is 24.2 Å². The minimum absolute atomic E-state index is 0.109. The van der Waals surface area contributed by atoms with E-state index in [0.29, 0.717) is 18.3 Å². The number of carbonyl (C=O) groups is 1. The van der Waals surface area contributed by atoms with E-state index >= 15 is 0 Å². The molecule has 2 aliphatic rings. The van der Waals surface area contributed by atoms with E-state index in [0.717, 1.165) is 17.2 Å². The molecule has 0 atom stereocenters. The van der Waals surface area contributed by atoms with Crippen molar-refractivity contribution in [2.75, 3.05) is 5.32 Å². The van der Waals surface area contributed by atoms with Gasteiger partial charge in [-0.1, -0.05) is 25.7 Å². The number of nitrogens with zero attached hydrogens (tertiary/aromatic N) is 3. The number of fused-ring (bicyclic) bond motifs is 1. The minimum atomic E-state index is 0.109. The topological polar surface area (TPSA) is 59.3 Å². The Balaban J connectivity index is 1.49. The zero-order chi connectivity index (χ0) is 15.6. The number of rotatable bonds is 4. The predicted octanol–water partition coefficient (Wildman–Crippen LogP) is 3.91. The maximum Gasteiger partial charge on any atom is 0.224 e. The first-order valence-electron chi connectivity index (χ1n) is 8.95. The second-order valence-electron chi connectivity index (χ2n) is 7.04. The summed E-state index contributed by atoms with van der Waals surface area (Å²) in [6.07, 6.45) is 12.4. The third kappa shape index (κ3) is 3.09. The van der Waals surface area contributed by atoms with Crippen molar-refractivity contribution >= 4 is 17.2 Å². The number of carbonyl (C=O) groups excluding carboxylic acids is 1. The summed E-state index contributed by atoms with van der Waals surface area (Å²) < 4.78 is 1.80. The van der Waals surface area contributed by atoms with Crippen molar-refractivity contribution < 1.29 is 4.79 Å². The molecule has 2 heterocycles. The molecule has 122 valence electrons. The van der Waals surface area contributed by atoms with E-state index in [1.54, 1.807) is 4.52 Å². The zero-order valence-corrected chi connectivity index (χ0v) is 13.5. The van der Waals surface area contributed by atoms with Gasteiger partial charge in [-0.2, -0.15) is 5.10 Å². The van der Waals surface area contributed by atoms with Gasteiger partial charge in [-0.15, -0.1) is 0 Å². The van der Waals surface area contributed by atoms with Crippen molar-refractivity contribution in [3.8, 4) is 0 Å². The van der Waals surface area contributed by atoms with Crippen LogP contribution in [0.5, 0.6) is 0 Å². The van der Waals surface area contributed by atoms with Crippen LogP contribution in [0.25, 0.3) is 5.65 Å². The minimum Gasteiger partial charge on any atom is -0.323 e. The molecule has 0 bridgehead atoms. The molecular formula is C18H24N4O. The molecule has 0 spiro atoms. The number of hydrogen-bond acceptors (Lipinski definition) is 3. The lowest BCUT2D eigenvalue weighted by Crippen LogP contribution is -2.18. The summed E-state index contributed by atoms with van der Waals surface area (Å²) in [5, 5.41) is 7.63. The van der Waals surface area contributed by atoms with Crippen LogP contribution in [0.2, 0.25) is 0 Å². The van der Waals surface area contributed by atoms with Gasteiger partial charge in [0.2, 0.25) is 5.91 Å². The third-order valence-electron chi connectivity index (χ3n) is 5.32. The molecule has 1 amide bonds. The Morgan fingerprint density at radius 3 is 2.74 bits per heavy atom. The molecule has 2 saturated carbocycles. The molecule has 5 nitrogen and oxygen atoms in total. The van der Waals surface area contributed by atoms with Gasteiger partial charge in [-0.05, 0) is 43.7 Å². The second-order valence-corrected chi connectivity index (χ2v) is 7.04. The van der Waals surface area contributed by atoms with Crippen LogP contribution in [-0.4, -0.2) is 20.5 Å². The van der Waals surface area contributed by atoms with E-state index in [9.17, 15) is 4.79 Å². The Kier molecular flexibility index (Phi) is 4.02. The summed E-state index contributed by atoms with van der Waals surface area (Å²) >= 11 is 0. The van der Waals surface area contributed by atoms with E-state index in [-0.39, 0.29) is 5.91 Å². The Labute approximate surface area is 136 Å². The van der Waals surface area contributed by atoms with Gasteiger partial charge in [-0.3, -0.25) is 4.79 Å². The van der Waals surface area contributed by atoms with Crippen LogP contribution in [0.3, 0.4) is 0 Å². The van der Waals surface area contributed by atoms with E-state index in [2.05, 4.69) is 15.4 Å². The maximum atomic E-state index is 12.4. The van der Waals surface area contributed by atoms with Gasteiger partial charge in [0, 0.05) is 18.5 Å². The van der Waals surface area contributed by atoms with Crippen molar-refractivity contribution in [2.45, 2.75) is 63.7 Å². The molecular weight excluding hydrogens is 288 g/mol. The summed E-state index contributed by atoms with van der Waals surface area (Å²) in [6.45, 7) is 0. The molecule has 2 fully saturated rings. The molecule has 0 aliphatic heterocycles. The van der Waals surface area contributed by atoms with Crippen molar-refractivity contribution in [2.24, 2.45) is 5.92 Å². The molecule has 0 aromatic carbocycles. The summed E-state index contributed by atoms with van der Waals surface area (Å²) in [7, 11) is 0. The lowest BCUT2D eigenvalue weighted by molar-refractivity contribution is -0.117. The van der Waals surface area contributed by atoms with Crippen LogP contribution in [0.4, 0.5) is 5.69 Å². The first kappa shape index (κ1) is 14.7. The first-order chi connectivity index (χ1) is 11.3. The van der Waals surface area contributed by atoms with Crippen LogP contribution >= 0.6 is 0 Å². The number of aromatic nitrogens is 3.